The molecule has 0 unspecified atom stereocenters. The minimum atomic E-state index is 0.519. The quantitative estimate of drug-likeness (QED) is 0.384. The Hall–Kier alpha value is -2.41. The van der Waals surface area contributed by atoms with E-state index in [4.69, 9.17) is 0 Å². The minimum absolute atomic E-state index is 0.519. The molecule has 0 aromatic carbocycles. The molecule has 0 aromatic heterocycles. The SMILES string of the molecule is Cc1cc(/C=C/C=C/C=C/C=O)c2c(C)ccc(C(C)C)cc1-2. The van der Waals surface area contributed by atoms with Gasteiger partial charge >= 0.3 is 0 Å². The first-order valence-corrected chi connectivity index (χ1v) is 8.03. The second-order valence-electron chi connectivity index (χ2n) is 6.15. The first-order chi connectivity index (χ1) is 11.0. The number of aldehydes is 1. The van der Waals surface area contributed by atoms with Crippen LogP contribution in [-0.4, -0.2) is 6.29 Å². The van der Waals surface area contributed by atoms with Gasteiger partial charge in [-0.15, -0.1) is 0 Å². The van der Waals surface area contributed by atoms with Gasteiger partial charge < -0.3 is 0 Å². The highest BCUT2D eigenvalue weighted by Gasteiger charge is 2.14. The Morgan fingerprint density at radius 2 is 1.57 bits per heavy atom. The highest BCUT2D eigenvalue weighted by atomic mass is 16.1. The van der Waals surface area contributed by atoms with E-state index in [1.807, 2.05) is 18.2 Å². The smallest absolute Gasteiger partial charge is 0.142 e. The maximum Gasteiger partial charge on any atom is 0.142 e. The van der Waals surface area contributed by atoms with Gasteiger partial charge in [-0.05, 0) is 59.2 Å². The van der Waals surface area contributed by atoms with E-state index in [0.717, 1.165) is 6.29 Å². The summed E-state index contributed by atoms with van der Waals surface area (Å²) in [7, 11) is 0. The third-order valence-electron chi connectivity index (χ3n) is 4.05. The second-order valence-corrected chi connectivity index (χ2v) is 6.15. The molecule has 1 heteroatoms. The van der Waals surface area contributed by atoms with E-state index in [2.05, 4.69) is 58.0 Å². The van der Waals surface area contributed by atoms with Crippen molar-refractivity contribution in [2.75, 3.05) is 0 Å². The van der Waals surface area contributed by atoms with Crippen LogP contribution in [0.5, 0.6) is 0 Å². The van der Waals surface area contributed by atoms with Gasteiger partial charge in [0.05, 0.1) is 0 Å². The molecule has 0 spiro atoms. The maximum atomic E-state index is 10.2. The van der Waals surface area contributed by atoms with Crippen LogP contribution in [0.3, 0.4) is 0 Å². The number of hydrogen-bond donors (Lipinski definition) is 0. The Balaban J connectivity index is 2.41. The van der Waals surface area contributed by atoms with E-state index < -0.39 is 0 Å². The molecular weight excluding hydrogens is 280 g/mol. The molecule has 0 heterocycles. The van der Waals surface area contributed by atoms with Gasteiger partial charge in [-0.25, -0.2) is 0 Å². The summed E-state index contributed by atoms with van der Waals surface area (Å²) >= 11 is 0. The molecule has 0 amide bonds. The zero-order chi connectivity index (χ0) is 16.8. The van der Waals surface area contributed by atoms with E-state index in [9.17, 15) is 4.79 Å². The lowest BCUT2D eigenvalue weighted by Gasteiger charge is -2.04. The van der Waals surface area contributed by atoms with Crippen molar-refractivity contribution in [2.45, 2.75) is 33.6 Å². The second kappa shape index (κ2) is 7.73. The fraction of sp³-hybridized carbons (Fsp3) is 0.227. The standard InChI is InChI=1S/C22H24O/c1-16(2)19-12-11-17(3)22-20(14-18(4)21(22)15-19)10-8-6-5-7-9-13-23/h5-16H,1-4H3/b6-5+,9-7+,10-8+. The number of carbonyl (C=O) groups excluding carboxylic acids is 1. The Morgan fingerprint density at radius 1 is 0.870 bits per heavy atom. The third-order valence-corrected chi connectivity index (χ3v) is 4.05. The van der Waals surface area contributed by atoms with E-state index in [1.54, 1.807) is 6.08 Å². The fourth-order valence-electron chi connectivity index (χ4n) is 2.77. The van der Waals surface area contributed by atoms with Crippen LogP contribution in [0.25, 0.3) is 17.2 Å². The molecule has 0 radical (unpaired) electrons. The van der Waals surface area contributed by atoms with E-state index >= 15 is 0 Å². The van der Waals surface area contributed by atoms with Gasteiger partial charge in [0.15, 0.2) is 0 Å². The van der Waals surface area contributed by atoms with Crippen LogP contribution < -0.4 is 0 Å². The van der Waals surface area contributed by atoms with Gasteiger partial charge in [0.25, 0.3) is 0 Å². The lowest BCUT2D eigenvalue weighted by atomic mass is 10.0. The fourth-order valence-corrected chi connectivity index (χ4v) is 2.77. The largest absolute Gasteiger partial charge is 0.299 e. The van der Waals surface area contributed by atoms with Crippen LogP contribution in [0.4, 0.5) is 0 Å². The number of carbonyl (C=O) groups is 1. The predicted molar refractivity (Wildman–Crippen MR) is 100 cm³/mol. The Labute approximate surface area is 139 Å². The summed E-state index contributed by atoms with van der Waals surface area (Å²) in [4.78, 5) is 10.2. The molecule has 1 nitrogen and oxygen atoms in total. The number of hydrogen-bond acceptors (Lipinski definition) is 1. The molecule has 23 heavy (non-hydrogen) atoms. The van der Waals surface area contributed by atoms with Crippen molar-refractivity contribution in [2.24, 2.45) is 0 Å². The van der Waals surface area contributed by atoms with Gasteiger partial charge in [-0.2, -0.15) is 0 Å². The highest BCUT2D eigenvalue weighted by Crippen LogP contribution is 2.36. The highest BCUT2D eigenvalue weighted by molar-refractivity contribution is 5.84. The molecule has 0 saturated carbocycles. The van der Waals surface area contributed by atoms with Crippen molar-refractivity contribution in [3.63, 3.8) is 0 Å². The van der Waals surface area contributed by atoms with Crippen molar-refractivity contribution < 1.29 is 4.79 Å². The van der Waals surface area contributed by atoms with Crippen molar-refractivity contribution in [1.82, 2.24) is 0 Å². The monoisotopic (exact) mass is 304 g/mol. The van der Waals surface area contributed by atoms with Crippen LogP contribution in [-0.2, 0) is 4.79 Å². The molecule has 0 aromatic rings. The molecule has 118 valence electrons. The van der Waals surface area contributed by atoms with Crippen molar-refractivity contribution >= 4 is 12.4 Å². The molecule has 2 rings (SSSR count). The van der Waals surface area contributed by atoms with E-state index in [1.165, 1.54) is 39.5 Å². The van der Waals surface area contributed by atoms with Gasteiger partial charge in [-0.1, -0.05) is 68.5 Å². The Kier molecular flexibility index (Phi) is 5.70. The first kappa shape index (κ1) is 17.0. The molecule has 0 bridgehead atoms. The first-order valence-electron chi connectivity index (χ1n) is 8.03. The molecule has 0 aliphatic heterocycles. The normalized spacial score (nSPS) is 12.4. The minimum Gasteiger partial charge on any atom is -0.299 e. The van der Waals surface area contributed by atoms with Crippen molar-refractivity contribution in [1.29, 1.82) is 0 Å². The summed E-state index contributed by atoms with van der Waals surface area (Å²) in [6, 6.07) is 9.02. The van der Waals surface area contributed by atoms with Crippen molar-refractivity contribution in [3.05, 3.63) is 76.9 Å². The number of fused-ring (bicyclic) bond motifs is 1. The molecule has 2 aliphatic rings. The Morgan fingerprint density at radius 3 is 2.26 bits per heavy atom. The zero-order valence-electron chi connectivity index (χ0n) is 14.3. The number of aryl methyl sites for hydroxylation is 2. The third kappa shape index (κ3) is 4.07. The van der Waals surface area contributed by atoms with Gasteiger partial charge in [0.1, 0.15) is 6.29 Å². The lowest BCUT2D eigenvalue weighted by molar-refractivity contribution is -0.104. The number of allylic oxidation sites excluding steroid dienone is 5. The summed E-state index contributed by atoms with van der Waals surface area (Å²) in [5.74, 6) is 0.519. The molecule has 0 N–H and O–H groups in total. The molecule has 0 fully saturated rings. The summed E-state index contributed by atoms with van der Waals surface area (Å²) in [5, 5.41) is 0. The summed E-state index contributed by atoms with van der Waals surface area (Å²) in [5.41, 5.74) is 7.87. The summed E-state index contributed by atoms with van der Waals surface area (Å²) in [6.07, 6.45) is 11.9. The van der Waals surface area contributed by atoms with Crippen LogP contribution in [0.1, 0.15) is 42.0 Å². The average molecular weight is 304 g/mol. The van der Waals surface area contributed by atoms with Crippen molar-refractivity contribution in [3.8, 4) is 11.1 Å². The van der Waals surface area contributed by atoms with Gasteiger partial charge in [-0.3, -0.25) is 4.79 Å². The molecular formula is C22H24O. The van der Waals surface area contributed by atoms with E-state index in [0.29, 0.717) is 5.92 Å². The van der Waals surface area contributed by atoms with Crippen LogP contribution in [0.2, 0.25) is 0 Å². The zero-order valence-corrected chi connectivity index (χ0v) is 14.3. The molecule has 2 aliphatic carbocycles. The van der Waals surface area contributed by atoms with Crippen LogP contribution >= 0.6 is 0 Å². The average Bonchev–Trinajstić information content (AvgIpc) is 2.70. The topological polar surface area (TPSA) is 17.1 Å². The maximum absolute atomic E-state index is 10.2. The summed E-state index contributed by atoms with van der Waals surface area (Å²) < 4.78 is 0. The number of rotatable bonds is 5. The lowest BCUT2D eigenvalue weighted by Crippen LogP contribution is -1.84. The summed E-state index contributed by atoms with van der Waals surface area (Å²) in [6.45, 7) is 8.80. The van der Waals surface area contributed by atoms with Gasteiger partial charge in [0.2, 0.25) is 0 Å². The van der Waals surface area contributed by atoms with Gasteiger partial charge in [0, 0.05) is 0 Å². The predicted octanol–water partition coefficient (Wildman–Crippen LogP) is 5.86. The molecule has 0 saturated heterocycles. The Bertz CT molecular complexity index is 745. The van der Waals surface area contributed by atoms with E-state index in [-0.39, 0.29) is 0 Å². The molecule has 0 atom stereocenters. The van der Waals surface area contributed by atoms with Crippen LogP contribution in [0, 0.1) is 13.8 Å². The van der Waals surface area contributed by atoms with Crippen LogP contribution in [0.15, 0.2) is 54.6 Å².